The lowest BCUT2D eigenvalue weighted by molar-refractivity contribution is 0.0652. The number of aromatic nitrogens is 2. The van der Waals surface area contributed by atoms with E-state index in [2.05, 4.69) is 20.6 Å². The molecule has 5 rings (SSSR count). The Morgan fingerprint density at radius 3 is 2.39 bits per heavy atom. The summed E-state index contributed by atoms with van der Waals surface area (Å²) in [6.45, 7) is 2.84. The maximum absolute atomic E-state index is 12.6. The van der Waals surface area contributed by atoms with Crippen molar-refractivity contribution in [3.63, 3.8) is 0 Å². The van der Waals surface area contributed by atoms with Gasteiger partial charge in [-0.05, 0) is 49.4 Å². The first kappa shape index (κ1) is 21.4. The molecule has 2 fully saturated rings. The van der Waals surface area contributed by atoms with Crippen molar-refractivity contribution in [3.8, 4) is 17.0 Å². The van der Waals surface area contributed by atoms with E-state index in [1.54, 1.807) is 13.3 Å². The largest absolute Gasteiger partial charge is 0.497 e. The number of rotatable bonds is 6. The van der Waals surface area contributed by atoms with Gasteiger partial charge in [-0.3, -0.25) is 4.79 Å². The molecule has 0 bridgehead atoms. The smallest absolute Gasteiger partial charge is 0.251 e. The third-order valence-electron chi connectivity index (χ3n) is 6.04. The van der Waals surface area contributed by atoms with Crippen molar-refractivity contribution < 1.29 is 19.0 Å². The summed E-state index contributed by atoms with van der Waals surface area (Å²) in [5.41, 5.74) is 3.52. The zero-order valence-corrected chi connectivity index (χ0v) is 18.5. The molecule has 8 nitrogen and oxygen atoms in total. The Balaban J connectivity index is 1.23. The van der Waals surface area contributed by atoms with E-state index in [-0.39, 0.29) is 30.2 Å². The van der Waals surface area contributed by atoms with Gasteiger partial charge in [0.15, 0.2) is 0 Å². The first-order chi connectivity index (χ1) is 16.1. The molecule has 1 aromatic heterocycles. The molecule has 2 aliphatic heterocycles. The molecule has 3 aromatic rings. The number of hydrogen-bond acceptors (Lipinski definition) is 7. The number of anilines is 1. The monoisotopic (exact) mass is 446 g/mol. The third kappa shape index (κ3) is 4.53. The number of carbonyl (C=O) groups excluding carboxylic acids is 1. The zero-order valence-electron chi connectivity index (χ0n) is 18.5. The fourth-order valence-electron chi connectivity index (χ4n) is 4.22. The first-order valence-electron chi connectivity index (χ1n) is 11.0. The minimum atomic E-state index is -0.221. The number of methoxy groups -OCH3 is 1. The SMILES string of the molecule is COc1ccc(-c2ccnc(N[C@H]3CO[C@H]4[C@@H]3OC[C@@H]4NC(=O)c3ccc(C)cc3)n2)cc1. The fourth-order valence-corrected chi connectivity index (χ4v) is 4.22. The number of amides is 1. The number of ether oxygens (including phenoxy) is 3. The van der Waals surface area contributed by atoms with Crippen LogP contribution in [0.5, 0.6) is 5.75 Å². The molecule has 0 radical (unpaired) electrons. The maximum Gasteiger partial charge on any atom is 0.251 e. The molecule has 170 valence electrons. The van der Waals surface area contributed by atoms with Crippen molar-refractivity contribution in [2.24, 2.45) is 0 Å². The Kier molecular flexibility index (Phi) is 5.93. The molecule has 1 amide bonds. The Morgan fingerprint density at radius 2 is 1.67 bits per heavy atom. The van der Waals surface area contributed by atoms with E-state index in [0.29, 0.717) is 24.7 Å². The van der Waals surface area contributed by atoms with E-state index in [1.807, 2.05) is 61.5 Å². The van der Waals surface area contributed by atoms with Crippen LogP contribution in [-0.4, -0.2) is 60.5 Å². The molecular formula is C25H26N4O4. The predicted octanol–water partition coefficient (Wildman–Crippen LogP) is 2.84. The molecule has 2 saturated heterocycles. The lowest BCUT2D eigenvalue weighted by Crippen LogP contribution is -2.44. The van der Waals surface area contributed by atoms with Gasteiger partial charge in [-0.1, -0.05) is 17.7 Å². The van der Waals surface area contributed by atoms with Crippen LogP contribution in [-0.2, 0) is 9.47 Å². The highest BCUT2D eigenvalue weighted by atomic mass is 16.6. The van der Waals surface area contributed by atoms with Crippen LogP contribution in [0.3, 0.4) is 0 Å². The number of aryl methyl sites for hydroxylation is 1. The quantitative estimate of drug-likeness (QED) is 0.601. The van der Waals surface area contributed by atoms with E-state index >= 15 is 0 Å². The predicted molar refractivity (Wildman–Crippen MR) is 123 cm³/mol. The van der Waals surface area contributed by atoms with E-state index in [4.69, 9.17) is 14.2 Å². The molecule has 33 heavy (non-hydrogen) atoms. The second-order valence-electron chi connectivity index (χ2n) is 8.29. The number of nitrogens with one attached hydrogen (secondary N) is 2. The molecule has 2 N–H and O–H groups in total. The molecule has 4 atom stereocenters. The summed E-state index contributed by atoms with van der Waals surface area (Å²) in [6, 6.07) is 16.8. The highest BCUT2D eigenvalue weighted by molar-refractivity contribution is 5.94. The van der Waals surface area contributed by atoms with Crippen molar-refractivity contribution in [1.82, 2.24) is 15.3 Å². The van der Waals surface area contributed by atoms with Crippen LogP contribution in [0.15, 0.2) is 60.8 Å². The molecule has 2 aromatic carbocycles. The Labute approximate surface area is 192 Å². The van der Waals surface area contributed by atoms with Gasteiger partial charge in [-0.2, -0.15) is 0 Å². The summed E-state index contributed by atoms with van der Waals surface area (Å²) in [4.78, 5) is 21.6. The highest BCUT2D eigenvalue weighted by Gasteiger charge is 2.48. The van der Waals surface area contributed by atoms with E-state index in [1.165, 1.54) is 0 Å². The first-order valence-corrected chi connectivity index (χ1v) is 11.0. The van der Waals surface area contributed by atoms with Crippen LogP contribution in [0.1, 0.15) is 15.9 Å². The normalized spacial score (nSPS) is 23.7. The summed E-state index contributed by atoms with van der Waals surface area (Å²) in [7, 11) is 1.64. The second kappa shape index (κ2) is 9.17. The van der Waals surface area contributed by atoms with Crippen molar-refractivity contribution in [3.05, 3.63) is 71.9 Å². The van der Waals surface area contributed by atoms with Crippen LogP contribution in [0.25, 0.3) is 11.3 Å². The summed E-state index contributed by atoms with van der Waals surface area (Å²) in [6.07, 6.45) is 1.31. The molecule has 0 spiro atoms. The summed E-state index contributed by atoms with van der Waals surface area (Å²) < 4.78 is 17.2. The van der Waals surface area contributed by atoms with Crippen molar-refractivity contribution in [2.75, 3.05) is 25.6 Å². The van der Waals surface area contributed by atoms with Crippen LogP contribution >= 0.6 is 0 Å². The zero-order chi connectivity index (χ0) is 22.8. The molecule has 0 unspecified atom stereocenters. The minimum Gasteiger partial charge on any atom is -0.497 e. The van der Waals surface area contributed by atoms with Gasteiger partial charge >= 0.3 is 0 Å². The van der Waals surface area contributed by atoms with E-state index in [9.17, 15) is 4.79 Å². The lowest BCUT2D eigenvalue weighted by Gasteiger charge is -2.18. The lowest BCUT2D eigenvalue weighted by atomic mass is 10.1. The average molecular weight is 447 g/mol. The standard InChI is InChI=1S/C25H26N4O4/c1-15-3-5-17(6-4-15)24(30)27-20-13-32-23-21(14-33-22(20)23)29-25-26-12-11-19(28-25)16-7-9-18(31-2)10-8-16/h3-12,20-23H,13-14H2,1-2H3,(H,27,30)(H,26,28,29)/t20-,21-,22+,23+/m0/s1. The fraction of sp³-hybridized carbons (Fsp3) is 0.320. The topological polar surface area (TPSA) is 94.6 Å². The number of carbonyl (C=O) groups is 1. The second-order valence-corrected chi connectivity index (χ2v) is 8.29. The molecule has 2 aliphatic rings. The van der Waals surface area contributed by atoms with Gasteiger partial charge in [0.1, 0.15) is 18.0 Å². The van der Waals surface area contributed by atoms with E-state index in [0.717, 1.165) is 22.6 Å². The van der Waals surface area contributed by atoms with Crippen LogP contribution in [0, 0.1) is 6.92 Å². The highest BCUT2D eigenvalue weighted by Crippen LogP contribution is 2.29. The van der Waals surface area contributed by atoms with Gasteiger partial charge in [0.2, 0.25) is 5.95 Å². The van der Waals surface area contributed by atoms with Gasteiger partial charge in [0, 0.05) is 17.3 Å². The van der Waals surface area contributed by atoms with E-state index < -0.39 is 0 Å². The van der Waals surface area contributed by atoms with Crippen molar-refractivity contribution in [2.45, 2.75) is 31.2 Å². The van der Waals surface area contributed by atoms with Crippen LogP contribution < -0.4 is 15.4 Å². The van der Waals surface area contributed by atoms with Gasteiger partial charge in [-0.25, -0.2) is 9.97 Å². The Hall–Kier alpha value is -3.49. The van der Waals surface area contributed by atoms with Crippen molar-refractivity contribution in [1.29, 1.82) is 0 Å². The van der Waals surface area contributed by atoms with Crippen molar-refractivity contribution >= 4 is 11.9 Å². The Bertz CT molecular complexity index is 1120. The number of fused-ring (bicyclic) bond motifs is 1. The van der Waals surface area contributed by atoms with Crippen LogP contribution in [0.4, 0.5) is 5.95 Å². The van der Waals surface area contributed by atoms with Gasteiger partial charge < -0.3 is 24.8 Å². The average Bonchev–Trinajstić information content (AvgIpc) is 3.43. The summed E-state index contributed by atoms with van der Waals surface area (Å²) in [5.74, 6) is 1.18. The van der Waals surface area contributed by atoms with Crippen LogP contribution in [0.2, 0.25) is 0 Å². The number of nitrogens with zero attached hydrogens (tertiary/aromatic N) is 2. The number of benzene rings is 2. The Morgan fingerprint density at radius 1 is 0.970 bits per heavy atom. The molecular weight excluding hydrogens is 420 g/mol. The number of hydrogen-bond donors (Lipinski definition) is 2. The molecule has 0 saturated carbocycles. The molecule has 8 heteroatoms. The molecule has 0 aliphatic carbocycles. The molecule has 3 heterocycles. The summed E-state index contributed by atoms with van der Waals surface area (Å²) >= 11 is 0. The van der Waals surface area contributed by atoms with Gasteiger partial charge in [0.25, 0.3) is 5.91 Å². The third-order valence-corrected chi connectivity index (χ3v) is 6.04. The maximum atomic E-state index is 12.6. The summed E-state index contributed by atoms with van der Waals surface area (Å²) in [5, 5.41) is 6.40. The minimum absolute atomic E-state index is 0.109. The van der Waals surface area contributed by atoms with Gasteiger partial charge in [0.05, 0.1) is 38.1 Å². The van der Waals surface area contributed by atoms with Gasteiger partial charge in [-0.15, -0.1) is 0 Å².